The second kappa shape index (κ2) is 9.76. The Morgan fingerprint density at radius 3 is 2.39 bits per heavy atom. The molecule has 1 aliphatic heterocycles. The highest BCUT2D eigenvalue weighted by Crippen LogP contribution is 2.36. The minimum atomic E-state index is -4.69. The van der Waals surface area contributed by atoms with E-state index in [1.165, 1.54) is 18.1 Å². The van der Waals surface area contributed by atoms with Crippen molar-refractivity contribution in [1.82, 2.24) is 4.90 Å². The molecule has 9 nitrogen and oxygen atoms in total. The van der Waals surface area contributed by atoms with Crippen LogP contribution in [0.5, 0.6) is 5.75 Å². The Balaban J connectivity index is 1.68. The van der Waals surface area contributed by atoms with Crippen LogP contribution in [0.3, 0.4) is 0 Å². The number of piperazine rings is 1. The fourth-order valence-corrected chi connectivity index (χ4v) is 3.37. The van der Waals surface area contributed by atoms with Crippen molar-refractivity contribution in [2.24, 2.45) is 0 Å². The zero-order valence-corrected chi connectivity index (χ0v) is 17.5. The van der Waals surface area contributed by atoms with Crippen molar-refractivity contribution in [2.45, 2.75) is 6.18 Å². The molecular weight excluding hydrogens is 447 g/mol. The second-order valence-electron chi connectivity index (χ2n) is 7.13. The summed E-state index contributed by atoms with van der Waals surface area (Å²) in [4.78, 5) is 37.7. The highest BCUT2D eigenvalue weighted by molar-refractivity contribution is 5.94. The number of carbonyl (C=O) groups excluding carboxylic acids is 2. The number of esters is 1. The molecule has 2 aromatic rings. The molecule has 0 atom stereocenters. The lowest BCUT2D eigenvalue weighted by Crippen LogP contribution is -2.49. The van der Waals surface area contributed by atoms with Crippen molar-refractivity contribution in [1.29, 1.82) is 0 Å². The van der Waals surface area contributed by atoms with E-state index in [1.807, 2.05) is 0 Å². The van der Waals surface area contributed by atoms with E-state index in [0.717, 1.165) is 12.1 Å². The number of rotatable bonds is 6. The highest BCUT2D eigenvalue weighted by atomic mass is 19.4. The van der Waals surface area contributed by atoms with Gasteiger partial charge in [0.15, 0.2) is 6.61 Å². The highest BCUT2D eigenvalue weighted by Gasteiger charge is 2.34. The monoisotopic (exact) mass is 467 g/mol. The van der Waals surface area contributed by atoms with Crippen LogP contribution < -0.4 is 9.64 Å². The van der Waals surface area contributed by atoms with Crippen LogP contribution in [-0.4, -0.2) is 61.6 Å². The standard InChI is InChI=1S/C21H20F3N3O6/c1-32-19(28)13-33-16-4-2-3-14(11-16)20(29)26-9-7-25(8-10-26)17-6-5-15(21(22,23)24)12-18(17)27(30)31/h2-6,11-12H,7-10,13H2,1H3. The summed E-state index contributed by atoms with van der Waals surface area (Å²) in [6, 6.07) is 8.66. The molecule has 1 saturated heterocycles. The van der Waals surface area contributed by atoms with Crippen LogP contribution in [0.2, 0.25) is 0 Å². The number of hydrogen-bond donors (Lipinski definition) is 0. The van der Waals surface area contributed by atoms with Crippen LogP contribution in [0.15, 0.2) is 42.5 Å². The number of nitro benzene ring substituents is 1. The molecule has 1 amide bonds. The third kappa shape index (κ3) is 5.70. The minimum Gasteiger partial charge on any atom is -0.482 e. The molecule has 2 aromatic carbocycles. The molecule has 0 radical (unpaired) electrons. The van der Waals surface area contributed by atoms with Gasteiger partial charge < -0.3 is 19.3 Å². The molecule has 1 aliphatic rings. The third-order valence-corrected chi connectivity index (χ3v) is 5.07. The van der Waals surface area contributed by atoms with Crippen molar-refractivity contribution >= 4 is 23.3 Å². The number of nitrogens with zero attached hydrogens (tertiary/aromatic N) is 3. The van der Waals surface area contributed by atoms with E-state index in [1.54, 1.807) is 23.1 Å². The van der Waals surface area contributed by atoms with Gasteiger partial charge in [-0.15, -0.1) is 0 Å². The van der Waals surface area contributed by atoms with Crippen LogP contribution >= 0.6 is 0 Å². The van der Waals surface area contributed by atoms with Gasteiger partial charge in [-0.3, -0.25) is 14.9 Å². The number of alkyl halides is 3. The first-order valence-corrected chi connectivity index (χ1v) is 9.79. The zero-order chi connectivity index (χ0) is 24.2. The number of ether oxygens (including phenoxy) is 2. The zero-order valence-electron chi connectivity index (χ0n) is 17.5. The van der Waals surface area contributed by atoms with Gasteiger partial charge in [0.1, 0.15) is 11.4 Å². The van der Waals surface area contributed by atoms with Gasteiger partial charge in [0.25, 0.3) is 11.6 Å². The van der Waals surface area contributed by atoms with Gasteiger partial charge in [-0.2, -0.15) is 13.2 Å². The van der Waals surface area contributed by atoms with Gasteiger partial charge in [-0.05, 0) is 30.3 Å². The van der Waals surface area contributed by atoms with Crippen molar-refractivity contribution in [3.05, 3.63) is 63.7 Å². The molecule has 1 fully saturated rings. The average molecular weight is 467 g/mol. The summed E-state index contributed by atoms with van der Waals surface area (Å²) in [6.07, 6.45) is -4.69. The second-order valence-corrected chi connectivity index (χ2v) is 7.13. The Morgan fingerprint density at radius 2 is 1.79 bits per heavy atom. The van der Waals surface area contributed by atoms with Crippen molar-refractivity contribution in [3.63, 3.8) is 0 Å². The topological polar surface area (TPSA) is 102 Å². The van der Waals surface area contributed by atoms with Crippen molar-refractivity contribution in [3.8, 4) is 5.75 Å². The maximum absolute atomic E-state index is 12.9. The Labute approximate surface area is 186 Å². The molecule has 1 heterocycles. The SMILES string of the molecule is COC(=O)COc1cccc(C(=O)N2CCN(c3ccc(C(F)(F)F)cc3[N+](=O)[O-])CC2)c1. The summed E-state index contributed by atoms with van der Waals surface area (Å²) in [5.74, 6) is -0.564. The Kier molecular flexibility index (Phi) is 7.04. The summed E-state index contributed by atoms with van der Waals surface area (Å²) in [5, 5.41) is 11.4. The molecule has 3 rings (SSSR count). The van der Waals surface area contributed by atoms with E-state index in [9.17, 15) is 32.9 Å². The largest absolute Gasteiger partial charge is 0.482 e. The third-order valence-electron chi connectivity index (χ3n) is 5.07. The molecule has 176 valence electrons. The smallest absolute Gasteiger partial charge is 0.416 e. The molecule has 0 unspecified atom stereocenters. The Hall–Kier alpha value is -3.83. The molecule has 0 bridgehead atoms. The quantitative estimate of drug-likeness (QED) is 0.365. The van der Waals surface area contributed by atoms with Crippen molar-refractivity contribution < 1.29 is 37.2 Å². The van der Waals surface area contributed by atoms with Crippen LogP contribution in [0.25, 0.3) is 0 Å². The Morgan fingerprint density at radius 1 is 1.09 bits per heavy atom. The van der Waals surface area contributed by atoms with E-state index in [2.05, 4.69) is 4.74 Å². The molecule has 33 heavy (non-hydrogen) atoms. The van der Waals surface area contributed by atoms with Crippen LogP contribution in [0.1, 0.15) is 15.9 Å². The molecular formula is C21H20F3N3O6. The lowest BCUT2D eigenvalue weighted by Gasteiger charge is -2.36. The summed E-state index contributed by atoms with van der Waals surface area (Å²) >= 11 is 0. The van der Waals surface area contributed by atoms with Gasteiger partial charge in [-0.1, -0.05) is 6.07 Å². The average Bonchev–Trinajstić information content (AvgIpc) is 2.81. The summed E-state index contributed by atoms with van der Waals surface area (Å²) in [6.45, 7) is 0.528. The predicted molar refractivity (Wildman–Crippen MR) is 110 cm³/mol. The number of hydrogen-bond acceptors (Lipinski definition) is 7. The molecule has 0 aliphatic carbocycles. The number of halogens is 3. The van der Waals surface area contributed by atoms with Gasteiger partial charge in [0, 0.05) is 37.8 Å². The molecule has 0 aromatic heterocycles. The van der Waals surface area contributed by atoms with Gasteiger partial charge in [-0.25, -0.2) is 4.79 Å². The maximum Gasteiger partial charge on any atom is 0.416 e. The number of methoxy groups -OCH3 is 1. The van der Waals surface area contributed by atoms with E-state index in [4.69, 9.17) is 4.74 Å². The fraction of sp³-hybridized carbons (Fsp3) is 0.333. The normalized spacial score (nSPS) is 14.1. The first-order valence-electron chi connectivity index (χ1n) is 9.79. The number of carbonyl (C=O) groups is 2. The number of nitro groups is 1. The Bertz CT molecular complexity index is 1050. The molecule has 12 heteroatoms. The van der Waals surface area contributed by atoms with E-state index < -0.39 is 28.3 Å². The summed E-state index contributed by atoms with van der Waals surface area (Å²) < 4.78 is 48.6. The van der Waals surface area contributed by atoms with Gasteiger partial charge >= 0.3 is 12.1 Å². The van der Waals surface area contributed by atoms with E-state index in [-0.39, 0.29) is 44.4 Å². The fourth-order valence-electron chi connectivity index (χ4n) is 3.37. The van der Waals surface area contributed by atoms with Crippen LogP contribution in [0.4, 0.5) is 24.5 Å². The first kappa shape index (κ1) is 23.8. The lowest BCUT2D eigenvalue weighted by atomic mass is 10.1. The predicted octanol–water partition coefficient (Wildman–Crippen LogP) is 3.13. The molecule has 0 saturated carbocycles. The minimum absolute atomic E-state index is 0.0679. The van der Waals surface area contributed by atoms with E-state index >= 15 is 0 Å². The van der Waals surface area contributed by atoms with Crippen molar-refractivity contribution in [2.75, 3.05) is 44.8 Å². The van der Waals surface area contributed by atoms with Crippen LogP contribution in [0, 0.1) is 10.1 Å². The number of benzene rings is 2. The maximum atomic E-state index is 12.9. The molecule has 0 spiro atoms. The first-order chi connectivity index (χ1) is 15.6. The van der Waals surface area contributed by atoms with Crippen LogP contribution in [-0.2, 0) is 15.7 Å². The number of anilines is 1. The summed E-state index contributed by atoms with van der Waals surface area (Å²) in [7, 11) is 1.23. The lowest BCUT2D eigenvalue weighted by molar-refractivity contribution is -0.384. The summed E-state index contributed by atoms with van der Waals surface area (Å²) in [5.41, 5.74) is -1.34. The van der Waals surface area contributed by atoms with Gasteiger partial charge in [0.05, 0.1) is 17.6 Å². The molecule has 0 N–H and O–H groups in total. The number of amides is 1. The van der Waals surface area contributed by atoms with Gasteiger partial charge in [0.2, 0.25) is 0 Å². The van der Waals surface area contributed by atoms with E-state index in [0.29, 0.717) is 17.4 Å².